The minimum atomic E-state index is -1.27. The molecule has 3 nitrogen and oxygen atoms in total. The van der Waals surface area contributed by atoms with Crippen LogP contribution in [-0.4, -0.2) is 14.9 Å². The first-order valence-electron chi connectivity index (χ1n) is 4.09. The van der Waals surface area contributed by atoms with Crippen molar-refractivity contribution in [3.63, 3.8) is 0 Å². The van der Waals surface area contributed by atoms with Crippen LogP contribution in [-0.2, 0) is 15.8 Å². The molecule has 12 heavy (non-hydrogen) atoms. The third-order valence-corrected chi connectivity index (χ3v) is 2.77. The lowest BCUT2D eigenvalue weighted by Crippen LogP contribution is -2.36. The van der Waals surface area contributed by atoms with Gasteiger partial charge in [-0.05, 0) is 27.2 Å². The molecule has 0 aliphatic carbocycles. The SMILES string of the molecule is CCCC(=O)N[S@](=O)C(C)(C)C. The standard InChI is InChI=1S/C8H17NO2S/c1-5-6-7(10)9-12(11)8(2,3)4/h5-6H2,1-4H3,(H,9,10)/t12-/m1/s1. The monoisotopic (exact) mass is 191 g/mol. The zero-order chi connectivity index (χ0) is 9.78. The van der Waals surface area contributed by atoms with Gasteiger partial charge in [0.15, 0.2) is 0 Å². The molecule has 0 aliphatic rings. The number of hydrogen-bond acceptors (Lipinski definition) is 2. The first-order chi connectivity index (χ1) is 5.38. The maximum absolute atomic E-state index is 11.3. The first kappa shape index (κ1) is 11.6. The maximum atomic E-state index is 11.3. The molecule has 1 N–H and O–H groups in total. The fraction of sp³-hybridized carbons (Fsp3) is 0.875. The van der Waals surface area contributed by atoms with Crippen LogP contribution in [0.4, 0.5) is 0 Å². The molecule has 0 saturated heterocycles. The number of carbonyl (C=O) groups excluding carboxylic acids is 1. The molecule has 0 aromatic heterocycles. The van der Waals surface area contributed by atoms with Gasteiger partial charge in [-0.25, -0.2) is 4.21 Å². The van der Waals surface area contributed by atoms with E-state index in [2.05, 4.69) is 4.72 Å². The Morgan fingerprint density at radius 3 is 2.25 bits per heavy atom. The van der Waals surface area contributed by atoms with Gasteiger partial charge in [0.25, 0.3) is 0 Å². The summed E-state index contributed by atoms with van der Waals surface area (Å²) in [5.41, 5.74) is 0. The van der Waals surface area contributed by atoms with Crippen molar-refractivity contribution in [1.29, 1.82) is 0 Å². The third-order valence-electron chi connectivity index (χ3n) is 1.24. The maximum Gasteiger partial charge on any atom is 0.231 e. The van der Waals surface area contributed by atoms with Crippen molar-refractivity contribution < 1.29 is 9.00 Å². The highest BCUT2D eigenvalue weighted by molar-refractivity contribution is 7.85. The molecule has 0 rings (SSSR count). The van der Waals surface area contributed by atoms with Gasteiger partial charge in [0.05, 0.1) is 4.75 Å². The Morgan fingerprint density at radius 2 is 1.92 bits per heavy atom. The van der Waals surface area contributed by atoms with Gasteiger partial charge in [-0.2, -0.15) is 0 Å². The Labute approximate surface area is 76.5 Å². The number of amides is 1. The first-order valence-corrected chi connectivity index (χ1v) is 5.24. The Hall–Kier alpha value is -0.380. The lowest BCUT2D eigenvalue weighted by molar-refractivity contribution is -0.119. The van der Waals surface area contributed by atoms with Gasteiger partial charge in [0, 0.05) is 6.42 Å². The van der Waals surface area contributed by atoms with Gasteiger partial charge in [0.2, 0.25) is 5.91 Å². The van der Waals surface area contributed by atoms with Gasteiger partial charge in [-0.1, -0.05) is 6.92 Å². The minimum Gasteiger partial charge on any atom is -0.275 e. The Kier molecular flexibility index (Phi) is 4.45. The van der Waals surface area contributed by atoms with E-state index >= 15 is 0 Å². The minimum absolute atomic E-state index is 0.134. The summed E-state index contributed by atoms with van der Waals surface area (Å²) < 4.78 is 13.4. The molecule has 0 spiro atoms. The van der Waals surface area contributed by atoms with Crippen LogP contribution in [0.3, 0.4) is 0 Å². The molecule has 0 aliphatic heterocycles. The predicted molar refractivity (Wildman–Crippen MR) is 50.9 cm³/mol. The van der Waals surface area contributed by atoms with Crippen molar-refractivity contribution in [2.45, 2.75) is 45.3 Å². The van der Waals surface area contributed by atoms with E-state index in [9.17, 15) is 9.00 Å². The van der Waals surface area contributed by atoms with E-state index in [1.54, 1.807) is 0 Å². The summed E-state index contributed by atoms with van der Waals surface area (Å²) >= 11 is 0. The van der Waals surface area contributed by atoms with Crippen molar-refractivity contribution in [1.82, 2.24) is 4.72 Å². The molecule has 0 radical (unpaired) electrons. The van der Waals surface area contributed by atoms with Crippen LogP contribution in [0.15, 0.2) is 0 Å². The average molecular weight is 191 g/mol. The van der Waals surface area contributed by atoms with E-state index in [0.29, 0.717) is 6.42 Å². The summed E-state index contributed by atoms with van der Waals surface area (Å²) in [4.78, 5) is 11.0. The van der Waals surface area contributed by atoms with Crippen molar-refractivity contribution >= 4 is 16.9 Å². The van der Waals surface area contributed by atoms with Gasteiger partial charge in [0.1, 0.15) is 11.0 Å². The topological polar surface area (TPSA) is 46.2 Å². The molecule has 0 aromatic carbocycles. The van der Waals surface area contributed by atoms with Crippen molar-refractivity contribution in [3.05, 3.63) is 0 Å². The third kappa shape index (κ3) is 4.49. The quantitative estimate of drug-likeness (QED) is 0.732. The van der Waals surface area contributed by atoms with E-state index in [-0.39, 0.29) is 10.7 Å². The summed E-state index contributed by atoms with van der Waals surface area (Å²) in [6, 6.07) is 0. The normalized spacial score (nSPS) is 14.0. The second-order valence-corrected chi connectivity index (χ2v) is 5.62. The lowest BCUT2D eigenvalue weighted by Gasteiger charge is -2.17. The zero-order valence-electron chi connectivity index (χ0n) is 8.14. The summed E-state index contributed by atoms with van der Waals surface area (Å²) in [6.07, 6.45) is 1.23. The van der Waals surface area contributed by atoms with Crippen LogP contribution in [0.5, 0.6) is 0 Å². The highest BCUT2D eigenvalue weighted by Gasteiger charge is 2.20. The van der Waals surface area contributed by atoms with Gasteiger partial charge >= 0.3 is 0 Å². The van der Waals surface area contributed by atoms with Crippen molar-refractivity contribution in [2.24, 2.45) is 0 Å². The Morgan fingerprint density at radius 1 is 1.42 bits per heavy atom. The van der Waals surface area contributed by atoms with Crippen LogP contribution in [0.1, 0.15) is 40.5 Å². The molecule has 0 heterocycles. The fourth-order valence-corrected chi connectivity index (χ4v) is 1.15. The summed E-state index contributed by atoms with van der Waals surface area (Å²) in [6.45, 7) is 7.40. The molecule has 72 valence electrons. The molecule has 1 amide bonds. The van der Waals surface area contributed by atoms with Crippen LogP contribution in [0.25, 0.3) is 0 Å². The van der Waals surface area contributed by atoms with E-state index in [1.807, 2.05) is 27.7 Å². The number of hydrogen-bond donors (Lipinski definition) is 1. The van der Waals surface area contributed by atoms with E-state index in [1.165, 1.54) is 0 Å². The van der Waals surface area contributed by atoms with Crippen LogP contribution < -0.4 is 4.72 Å². The molecule has 0 saturated carbocycles. The van der Waals surface area contributed by atoms with Crippen molar-refractivity contribution in [2.75, 3.05) is 0 Å². The van der Waals surface area contributed by atoms with E-state index < -0.39 is 11.0 Å². The highest BCUT2D eigenvalue weighted by Crippen LogP contribution is 2.08. The smallest absolute Gasteiger partial charge is 0.231 e. The number of carbonyl (C=O) groups is 1. The second-order valence-electron chi connectivity index (χ2n) is 3.66. The highest BCUT2D eigenvalue weighted by atomic mass is 32.2. The van der Waals surface area contributed by atoms with Crippen molar-refractivity contribution in [3.8, 4) is 0 Å². The van der Waals surface area contributed by atoms with E-state index in [4.69, 9.17) is 0 Å². The molecular weight excluding hydrogens is 174 g/mol. The Balaban J connectivity index is 3.94. The molecule has 0 fully saturated rings. The van der Waals surface area contributed by atoms with Crippen LogP contribution in [0, 0.1) is 0 Å². The summed E-state index contributed by atoms with van der Waals surface area (Å²) in [7, 11) is -1.27. The molecule has 4 heteroatoms. The fourth-order valence-electron chi connectivity index (χ4n) is 0.535. The molecule has 0 bridgehead atoms. The summed E-state index contributed by atoms with van der Waals surface area (Å²) in [5, 5.41) is 0. The largest absolute Gasteiger partial charge is 0.275 e. The van der Waals surface area contributed by atoms with Gasteiger partial charge in [-0.3, -0.25) is 9.52 Å². The average Bonchev–Trinajstić information content (AvgIpc) is 1.85. The molecule has 0 unspecified atom stereocenters. The lowest BCUT2D eigenvalue weighted by atomic mass is 10.3. The Bertz CT molecular complexity index is 184. The zero-order valence-corrected chi connectivity index (χ0v) is 8.96. The van der Waals surface area contributed by atoms with Gasteiger partial charge in [-0.15, -0.1) is 0 Å². The molecular formula is C8H17NO2S. The number of nitrogens with one attached hydrogen (secondary N) is 1. The van der Waals surface area contributed by atoms with Crippen LogP contribution >= 0.6 is 0 Å². The predicted octanol–water partition coefficient (Wildman–Crippen LogP) is 1.36. The van der Waals surface area contributed by atoms with E-state index in [0.717, 1.165) is 6.42 Å². The molecule has 0 aromatic rings. The van der Waals surface area contributed by atoms with Crippen LogP contribution in [0.2, 0.25) is 0 Å². The summed E-state index contributed by atoms with van der Waals surface area (Å²) in [5.74, 6) is -0.134. The number of rotatable bonds is 3. The second kappa shape index (κ2) is 4.60. The van der Waals surface area contributed by atoms with Gasteiger partial charge < -0.3 is 0 Å². The molecule has 1 atom stereocenters.